The van der Waals surface area contributed by atoms with Crippen LogP contribution in [0, 0.1) is 0 Å². The lowest BCUT2D eigenvalue weighted by Gasteiger charge is -2.13. The number of carbonyl (C=O) groups excluding carboxylic acids is 1. The molecule has 0 atom stereocenters. The number of rotatable bonds is 9. The maximum Gasteiger partial charge on any atom is 0.340 e. The van der Waals surface area contributed by atoms with E-state index in [1.807, 2.05) is 31.3 Å². The van der Waals surface area contributed by atoms with E-state index < -0.39 is 0 Å². The molecular formula is C27H33NO4. The summed E-state index contributed by atoms with van der Waals surface area (Å²) in [5.41, 5.74) is 5.59. The van der Waals surface area contributed by atoms with Crippen molar-refractivity contribution in [2.45, 2.75) is 46.5 Å². The number of carbonyl (C=O) groups is 1. The van der Waals surface area contributed by atoms with Gasteiger partial charge in [-0.25, -0.2) is 4.79 Å². The van der Waals surface area contributed by atoms with Crippen LogP contribution in [0.25, 0.3) is 16.8 Å². The number of ether oxygens (including phenoxy) is 3. The number of methoxy groups -OCH3 is 2. The molecule has 0 N–H and O–H groups in total. The quantitative estimate of drug-likeness (QED) is 0.364. The summed E-state index contributed by atoms with van der Waals surface area (Å²) in [6.07, 6.45) is 3.67. The predicted octanol–water partition coefficient (Wildman–Crippen LogP) is 6.41. The predicted molar refractivity (Wildman–Crippen MR) is 128 cm³/mol. The normalized spacial score (nSPS) is 11.0. The van der Waals surface area contributed by atoms with Crippen molar-refractivity contribution >= 4 is 5.97 Å². The maximum atomic E-state index is 13.1. The fourth-order valence-corrected chi connectivity index (χ4v) is 3.93. The fraction of sp³-hybridized carbons (Fsp3) is 0.370. The molecule has 3 rings (SSSR count). The summed E-state index contributed by atoms with van der Waals surface area (Å²) in [7, 11) is 3.24. The van der Waals surface area contributed by atoms with Crippen molar-refractivity contribution in [2.24, 2.45) is 0 Å². The maximum absolute atomic E-state index is 13.1. The number of nitrogens with zero attached hydrogens (tertiary/aromatic N) is 1. The van der Waals surface area contributed by atoms with Crippen LogP contribution in [-0.4, -0.2) is 31.4 Å². The monoisotopic (exact) mass is 435 g/mol. The molecule has 0 saturated heterocycles. The summed E-state index contributed by atoms with van der Waals surface area (Å²) >= 11 is 0. The van der Waals surface area contributed by atoms with E-state index in [-0.39, 0.29) is 5.97 Å². The molecule has 1 heterocycles. The molecule has 0 aliphatic heterocycles. The van der Waals surface area contributed by atoms with Gasteiger partial charge < -0.3 is 18.8 Å². The molecule has 0 fully saturated rings. The smallest absolute Gasteiger partial charge is 0.340 e. The molecule has 0 aliphatic carbocycles. The highest BCUT2D eigenvalue weighted by atomic mass is 16.5. The van der Waals surface area contributed by atoms with Crippen molar-refractivity contribution < 1.29 is 19.0 Å². The minimum absolute atomic E-state index is 0.293. The molecule has 0 spiro atoms. The van der Waals surface area contributed by atoms with Gasteiger partial charge in [0.1, 0.15) is 0 Å². The average molecular weight is 436 g/mol. The number of hydrogen-bond donors (Lipinski definition) is 0. The van der Waals surface area contributed by atoms with Crippen LogP contribution in [-0.2, 0) is 11.2 Å². The van der Waals surface area contributed by atoms with Gasteiger partial charge in [0.15, 0.2) is 11.5 Å². The van der Waals surface area contributed by atoms with Crippen LogP contribution in [0.15, 0.2) is 48.7 Å². The van der Waals surface area contributed by atoms with Crippen LogP contribution < -0.4 is 9.47 Å². The highest BCUT2D eigenvalue weighted by Gasteiger charge is 2.25. The van der Waals surface area contributed by atoms with E-state index in [1.165, 1.54) is 5.56 Å². The van der Waals surface area contributed by atoms with Crippen LogP contribution in [0.3, 0.4) is 0 Å². The molecule has 170 valence electrons. The molecule has 5 heteroatoms. The molecule has 0 radical (unpaired) electrons. The second-order valence-electron chi connectivity index (χ2n) is 8.02. The van der Waals surface area contributed by atoms with Gasteiger partial charge in [0, 0.05) is 29.2 Å². The molecule has 0 saturated carbocycles. The van der Waals surface area contributed by atoms with E-state index in [4.69, 9.17) is 14.2 Å². The molecular weight excluding hydrogens is 402 g/mol. The minimum atomic E-state index is -0.293. The van der Waals surface area contributed by atoms with Gasteiger partial charge in [0.2, 0.25) is 0 Å². The summed E-state index contributed by atoms with van der Waals surface area (Å²) < 4.78 is 18.5. The summed E-state index contributed by atoms with van der Waals surface area (Å²) in [6.45, 7) is 8.62. The Balaban J connectivity index is 2.24. The molecule has 1 aromatic heterocycles. The first-order chi connectivity index (χ1) is 15.4. The van der Waals surface area contributed by atoms with Gasteiger partial charge in [-0.2, -0.15) is 0 Å². The average Bonchev–Trinajstić information content (AvgIpc) is 3.18. The molecule has 2 aromatic carbocycles. The van der Waals surface area contributed by atoms with Crippen molar-refractivity contribution in [1.29, 1.82) is 0 Å². The van der Waals surface area contributed by atoms with E-state index in [0.717, 1.165) is 35.3 Å². The Morgan fingerprint density at radius 2 is 1.66 bits per heavy atom. The standard InChI is InChI=1S/C27H33NO4/c1-7-9-23-26(27(29)32-8-2)22(20-12-10-19(11-13-20)18(3)4)17-28(23)21-14-15-24(30-5)25(16-21)31-6/h10-18H,7-9H2,1-6H3. The third kappa shape index (κ3) is 4.67. The number of benzene rings is 2. The van der Waals surface area contributed by atoms with Crippen LogP contribution >= 0.6 is 0 Å². The summed E-state index contributed by atoms with van der Waals surface area (Å²) in [4.78, 5) is 13.1. The Morgan fingerprint density at radius 1 is 0.969 bits per heavy atom. The lowest BCUT2D eigenvalue weighted by Crippen LogP contribution is -2.10. The van der Waals surface area contributed by atoms with Gasteiger partial charge in [-0.3, -0.25) is 0 Å². The Kier molecular flexibility index (Phi) is 7.62. The Hall–Kier alpha value is -3.21. The van der Waals surface area contributed by atoms with Crippen LogP contribution in [0.5, 0.6) is 11.5 Å². The third-order valence-corrected chi connectivity index (χ3v) is 5.61. The zero-order chi connectivity index (χ0) is 23.3. The summed E-state index contributed by atoms with van der Waals surface area (Å²) in [5, 5.41) is 0. The second-order valence-corrected chi connectivity index (χ2v) is 8.02. The first kappa shape index (κ1) is 23.5. The van der Waals surface area contributed by atoms with Gasteiger partial charge in [-0.1, -0.05) is 51.5 Å². The fourth-order valence-electron chi connectivity index (χ4n) is 3.93. The molecule has 32 heavy (non-hydrogen) atoms. The zero-order valence-corrected chi connectivity index (χ0v) is 19.9. The topological polar surface area (TPSA) is 49.7 Å². The van der Waals surface area contributed by atoms with Gasteiger partial charge in [0.05, 0.1) is 26.4 Å². The van der Waals surface area contributed by atoms with E-state index in [2.05, 4.69) is 49.6 Å². The first-order valence-corrected chi connectivity index (χ1v) is 11.2. The van der Waals surface area contributed by atoms with Gasteiger partial charge >= 0.3 is 5.97 Å². The molecule has 0 aliphatic rings. The van der Waals surface area contributed by atoms with Crippen molar-refractivity contribution in [2.75, 3.05) is 20.8 Å². The van der Waals surface area contributed by atoms with Crippen molar-refractivity contribution in [3.63, 3.8) is 0 Å². The number of hydrogen-bond acceptors (Lipinski definition) is 4. The van der Waals surface area contributed by atoms with Crippen molar-refractivity contribution in [3.05, 3.63) is 65.5 Å². The summed E-state index contributed by atoms with van der Waals surface area (Å²) in [5.74, 6) is 1.45. The van der Waals surface area contributed by atoms with E-state index in [0.29, 0.717) is 29.6 Å². The van der Waals surface area contributed by atoms with Crippen LogP contribution in [0.4, 0.5) is 0 Å². The van der Waals surface area contributed by atoms with Crippen LogP contribution in [0.2, 0.25) is 0 Å². The Bertz CT molecular complexity index is 1060. The molecule has 0 unspecified atom stereocenters. The highest BCUT2D eigenvalue weighted by Crippen LogP contribution is 2.35. The minimum Gasteiger partial charge on any atom is -0.493 e. The van der Waals surface area contributed by atoms with Crippen LogP contribution in [0.1, 0.15) is 61.6 Å². The Labute approximate surface area is 190 Å². The van der Waals surface area contributed by atoms with Gasteiger partial charge in [-0.05, 0) is 42.5 Å². The largest absolute Gasteiger partial charge is 0.493 e. The number of esters is 1. The lowest BCUT2D eigenvalue weighted by molar-refractivity contribution is 0.0526. The Morgan fingerprint density at radius 3 is 2.22 bits per heavy atom. The highest BCUT2D eigenvalue weighted by molar-refractivity contribution is 5.99. The van der Waals surface area contributed by atoms with Gasteiger partial charge in [0.25, 0.3) is 0 Å². The number of aromatic nitrogens is 1. The molecule has 5 nitrogen and oxygen atoms in total. The first-order valence-electron chi connectivity index (χ1n) is 11.2. The molecule has 0 amide bonds. The molecule has 3 aromatic rings. The summed E-state index contributed by atoms with van der Waals surface area (Å²) in [6, 6.07) is 14.2. The van der Waals surface area contributed by atoms with E-state index in [1.54, 1.807) is 14.2 Å². The van der Waals surface area contributed by atoms with E-state index in [9.17, 15) is 4.79 Å². The van der Waals surface area contributed by atoms with Crippen molar-refractivity contribution in [1.82, 2.24) is 4.57 Å². The lowest BCUT2D eigenvalue weighted by atomic mass is 9.97. The molecule has 0 bridgehead atoms. The third-order valence-electron chi connectivity index (χ3n) is 5.61. The van der Waals surface area contributed by atoms with Gasteiger partial charge in [-0.15, -0.1) is 0 Å². The SMILES string of the molecule is CCCc1c(C(=O)OCC)c(-c2ccc(C(C)C)cc2)cn1-c1ccc(OC)c(OC)c1. The zero-order valence-electron chi connectivity index (χ0n) is 19.9. The van der Waals surface area contributed by atoms with E-state index >= 15 is 0 Å². The second kappa shape index (κ2) is 10.4. The van der Waals surface area contributed by atoms with Crippen molar-refractivity contribution in [3.8, 4) is 28.3 Å².